The molecule has 21 heavy (non-hydrogen) atoms. The summed E-state index contributed by atoms with van der Waals surface area (Å²) < 4.78 is 10.6. The van der Waals surface area contributed by atoms with Crippen LogP contribution in [0.25, 0.3) is 0 Å². The Hall–Kier alpha value is -1.30. The molecule has 0 bridgehead atoms. The molecule has 5 nitrogen and oxygen atoms in total. The van der Waals surface area contributed by atoms with Crippen LogP contribution in [0.15, 0.2) is 24.3 Å². The second-order valence-electron chi connectivity index (χ2n) is 4.81. The third kappa shape index (κ3) is 4.88. The Morgan fingerprint density at radius 3 is 2.71 bits per heavy atom. The first-order chi connectivity index (χ1) is 9.74. The molecule has 0 aromatic heterocycles. The summed E-state index contributed by atoms with van der Waals surface area (Å²) in [6.45, 7) is 4.01. The van der Waals surface area contributed by atoms with Crippen molar-refractivity contribution < 1.29 is 14.3 Å². The zero-order chi connectivity index (χ0) is 14.4. The molecule has 1 aromatic rings. The van der Waals surface area contributed by atoms with E-state index >= 15 is 0 Å². The van der Waals surface area contributed by atoms with Gasteiger partial charge in [0.05, 0.1) is 19.8 Å². The number of morpholine rings is 1. The highest BCUT2D eigenvalue weighted by atomic mass is 35.5. The van der Waals surface area contributed by atoms with Crippen LogP contribution in [0, 0.1) is 0 Å². The molecule has 1 saturated heterocycles. The van der Waals surface area contributed by atoms with Crippen LogP contribution in [0.5, 0.6) is 5.75 Å². The number of ether oxygens (including phenoxy) is 2. The first-order valence-corrected chi connectivity index (χ1v) is 7.01. The molecule has 0 saturated carbocycles. The molecular weight excluding hydrogens is 292 g/mol. The van der Waals surface area contributed by atoms with Gasteiger partial charge in [0.25, 0.3) is 5.91 Å². The second-order valence-corrected chi connectivity index (χ2v) is 4.81. The highest BCUT2D eigenvalue weighted by molar-refractivity contribution is 5.85. The summed E-state index contributed by atoms with van der Waals surface area (Å²) in [5.41, 5.74) is 1.07. The van der Waals surface area contributed by atoms with Gasteiger partial charge in [-0.25, -0.2) is 0 Å². The van der Waals surface area contributed by atoms with Crippen molar-refractivity contribution in [2.45, 2.75) is 25.5 Å². The number of halogens is 1. The zero-order valence-corrected chi connectivity index (χ0v) is 13.2. The quantitative estimate of drug-likeness (QED) is 0.868. The van der Waals surface area contributed by atoms with Crippen molar-refractivity contribution in [3.05, 3.63) is 29.8 Å². The Morgan fingerprint density at radius 2 is 2.19 bits per heavy atom. The van der Waals surface area contributed by atoms with Crippen LogP contribution in [0.1, 0.15) is 24.9 Å². The minimum atomic E-state index is -0.393. The maximum atomic E-state index is 12.2. The summed E-state index contributed by atoms with van der Waals surface area (Å²) >= 11 is 0. The van der Waals surface area contributed by atoms with Gasteiger partial charge in [0, 0.05) is 13.1 Å². The lowest BCUT2D eigenvalue weighted by Gasteiger charge is -2.25. The lowest BCUT2D eigenvalue weighted by atomic mass is 10.0. The highest BCUT2D eigenvalue weighted by Crippen LogP contribution is 2.20. The van der Waals surface area contributed by atoms with Gasteiger partial charge in [-0.1, -0.05) is 19.1 Å². The lowest BCUT2D eigenvalue weighted by Crippen LogP contribution is -2.48. The van der Waals surface area contributed by atoms with Gasteiger partial charge in [-0.15, -0.1) is 12.4 Å². The van der Waals surface area contributed by atoms with Crippen LogP contribution in [0.2, 0.25) is 0 Å². The first-order valence-electron chi connectivity index (χ1n) is 7.01. The predicted molar refractivity (Wildman–Crippen MR) is 84.0 cm³/mol. The average molecular weight is 315 g/mol. The second kappa shape index (κ2) is 8.87. The van der Waals surface area contributed by atoms with Crippen LogP contribution in [0.3, 0.4) is 0 Å². The first kappa shape index (κ1) is 17.8. The Bertz CT molecular complexity index is 433. The van der Waals surface area contributed by atoms with Crippen molar-refractivity contribution in [3.8, 4) is 5.75 Å². The van der Waals surface area contributed by atoms with Gasteiger partial charge in [0.1, 0.15) is 11.9 Å². The molecule has 1 fully saturated rings. The van der Waals surface area contributed by atoms with E-state index < -0.39 is 6.10 Å². The molecule has 2 atom stereocenters. The van der Waals surface area contributed by atoms with Gasteiger partial charge in [0.15, 0.2) is 0 Å². The number of carbonyl (C=O) groups excluding carboxylic acids is 1. The molecular formula is C15H23ClN2O3. The minimum absolute atomic E-state index is 0. The van der Waals surface area contributed by atoms with Crippen molar-refractivity contribution >= 4 is 18.3 Å². The molecule has 2 unspecified atom stereocenters. The van der Waals surface area contributed by atoms with Crippen LogP contribution >= 0.6 is 12.4 Å². The Labute approximate surface area is 131 Å². The molecule has 118 valence electrons. The average Bonchev–Trinajstić information content (AvgIpc) is 2.53. The summed E-state index contributed by atoms with van der Waals surface area (Å²) in [5.74, 6) is 0.759. The fourth-order valence-electron chi connectivity index (χ4n) is 2.26. The molecule has 1 aliphatic heterocycles. The van der Waals surface area contributed by atoms with Crippen LogP contribution in [-0.2, 0) is 9.53 Å². The van der Waals surface area contributed by atoms with Crippen molar-refractivity contribution in [2.75, 3.05) is 26.8 Å². The molecule has 1 aromatic carbocycles. The molecule has 6 heteroatoms. The predicted octanol–water partition coefficient (Wildman–Crippen LogP) is 1.67. The maximum Gasteiger partial charge on any atom is 0.250 e. The number of amides is 1. The molecule has 2 N–H and O–H groups in total. The van der Waals surface area contributed by atoms with E-state index in [9.17, 15) is 4.79 Å². The van der Waals surface area contributed by atoms with Gasteiger partial charge in [0.2, 0.25) is 0 Å². The van der Waals surface area contributed by atoms with E-state index in [4.69, 9.17) is 9.47 Å². The summed E-state index contributed by atoms with van der Waals surface area (Å²) in [6.07, 6.45) is 0.439. The summed E-state index contributed by atoms with van der Waals surface area (Å²) in [4.78, 5) is 12.2. The van der Waals surface area contributed by atoms with Gasteiger partial charge >= 0.3 is 0 Å². The molecule has 0 radical (unpaired) electrons. The molecule has 2 rings (SSSR count). The van der Waals surface area contributed by atoms with Crippen LogP contribution in [-0.4, -0.2) is 38.8 Å². The van der Waals surface area contributed by atoms with Gasteiger partial charge in [-0.05, 0) is 24.1 Å². The summed E-state index contributed by atoms with van der Waals surface area (Å²) in [5, 5.41) is 6.20. The largest absolute Gasteiger partial charge is 0.497 e. The fraction of sp³-hybridized carbons (Fsp3) is 0.533. The molecule has 1 aliphatic rings. The molecule has 1 amide bonds. The minimum Gasteiger partial charge on any atom is -0.497 e. The number of hydrogen-bond acceptors (Lipinski definition) is 4. The van der Waals surface area contributed by atoms with E-state index in [-0.39, 0.29) is 24.4 Å². The summed E-state index contributed by atoms with van der Waals surface area (Å²) in [6, 6.07) is 7.77. The topological polar surface area (TPSA) is 59.6 Å². The van der Waals surface area contributed by atoms with Crippen molar-refractivity contribution in [2.24, 2.45) is 0 Å². The smallest absolute Gasteiger partial charge is 0.250 e. The van der Waals surface area contributed by atoms with Crippen molar-refractivity contribution in [3.63, 3.8) is 0 Å². The lowest BCUT2D eigenvalue weighted by molar-refractivity contribution is -0.135. The van der Waals surface area contributed by atoms with Crippen molar-refractivity contribution in [1.29, 1.82) is 0 Å². The third-order valence-corrected chi connectivity index (χ3v) is 3.46. The number of rotatable bonds is 5. The summed E-state index contributed by atoms with van der Waals surface area (Å²) in [7, 11) is 1.64. The zero-order valence-electron chi connectivity index (χ0n) is 12.4. The normalized spacial score (nSPS) is 19.2. The van der Waals surface area contributed by atoms with Crippen LogP contribution in [0.4, 0.5) is 0 Å². The van der Waals surface area contributed by atoms with E-state index in [2.05, 4.69) is 17.6 Å². The third-order valence-electron chi connectivity index (χ3n) is 3.46. The number of hydrogen-bond donors (Lipinski definition) is 2. The molecule has 1 heterocycles. The number of nitrogens with one attached hydrogen (secondary N) is 2. The standard InChI is InChI=1S/C15H22N2O3.ClH/c1-3-13(11-4-6-12(19-2)7-5-11)17-15(18)14-10-16-8-9-20-14;/h4-7,13-14,16H,3,8-10H2,1-2H3,(H,17,18);1H. The number of carbonyl (C=O) groups is 1. The molecule has 0 aliphatic carbocycles. The van der Waals surface area contributed by atoms with E-state index in [0.29, 0.717) is 13.2 Å². The van der Waals surface area contributed by atoms with E-state index in [1.165, 1.54) is 0 Å². The maximum absolute atomic E-state index is 12.2. The molecule has 0 spiro atoms. The number of methoxy groups -OCH3 is 1. The van der Waals surface area contributed by atoms with Crippen LogP contribution < -0.4 is 15.4 Å². The van der Waals surface area contributed by atoms with Gasteiger partial charge < -0.3 is 20.1 Å². The van der Waals surface area contributed by atoms with E-state index in [1.54, 1.807) is 7.11 Å². The van der Waals surface area contributed by atoms with Gasteiger partial charge in [-0.3, -0.25) is 4.79 Å². The Kier molecular flexibility index (Phi) is 7.50. The number of benzene rings is 1. The van der Waals surface area contributed by atoms with E-state index in [1.807, 2.05) is 24.3 Å². The van der Waals surface area contributed by atoms with Crippen molar-refractivity contribution in [1.82, 2.24) is 10.6 Å². The Morgan fingerprint density at radius 1 is 1.48 bits per heavy atom. The highest BCUT2D eigenvalue weighted by Gasteiger charge is 2.24. The van der Waals surface area contributed by atoms with E-state index in [0.717, 1.165) is 24.3 Å². The monoisotopic (exact) mass is 314 g/mol. The van der Waals surface area contributed by atoms with Gasteiger partial charge in [-0.2, -0.15) is 0 Å². The SMILES string of the molecule is CCC(NC(=O)C1CNCCO1)c1ccc(OC)cc1.Cl. The Balaban J connectivity index is 0.00000220. The fourth-order valence-corrected chi connectivity index (χ4v) is 2.26.